The number of carbonyl (C=O) groups excluding carboxylic acids is 1. The van der Waals surface area contributed by atoms with Gasteiger partial charge in [-0.2, -0.15) is 13.2 Å². The van der Waals surface area contributed by atoms with Crippen LogP contribution in [0.3, 0.4) is 0 Å². The number of urea groups is 1. The number of aromatic carboxylic acids is 1. The number of fused-ring (bicyclic) bond motifs is 1. The SMILES string of the molecule is Cc1c(-c2ccccc2C(=O)O)cccc1-n1c(C)nc2ccc(NC(=O)N3CCCC3)cc21.O=C(O)C(F)(F)F. The average molecular weight is 569 g/mol. The Labute approximate surface area is 232 Å². The van der Waals surface area contributed by atoms with E-state index in [0.29, 0.717) is 5.56 Å². The molecule has 0 unspecified atom stereocenters. The third-order valence-corrected chi connectivity index (χ3v) is 6.70. The van der Waals surface area contributed by atoms with Crippen LogP contribution in [0.5, 0.6) is 0 Å². The largest absolute Gasteiger partial charge is 0.490 e. The Balaban J connectivity index is 0.000000493. The van der Waals surface area contributed by atoms with E-state index >= 15 is 0 Å². The minimum Gasteiger partial charge on any atom is -0.478 e. The number of nitrogens with zero attached hydrogens (tertiary/aromatic N) is 3. The van der Waals surface area contributed by atoms with E-state index in [1.54, 1.807) is 12.1 Å². The predicted molar refractivity (Wildman–Crippen MR) is 146 cm³/mol. The van der Waals surface area contributed by atoms with Crippen LogP contribution in [0.2, 0.25) is 0 Å². The zero-order valence-electron chi connectivity index (χ0n) is 22.2. The first kappa shape index (κ1) is 29.1. The molecule has 0 bridgehead atoms. The number of carbonyl (C=O) groups is 3. The Bertz CT molecular complexity index is 1620. The molecule has 5 rings (SSSR count). The fourth-order valence-corrected chi connectivity index (χ4v) is 4.76. The third-order valence-electron chi connectivity index (χ3n) is 6.70. The molecule has 2 heterocycles. The maximum atomic E-state index is 12.6. The topological polar surface area (TPSA) is 125 Å². The number of hydrogen-bond donors (Lipinski definition) is 3. The van der Waals surface area contributed by atoms with Crippen LogP contribution in [0.4, 0.5) is 23.7 Å². The molecular weight excluding hydrogens is 541 g/mol. The molecule has 1 saturated heterocycles. The van der Waals surface area contributed by atoms with Gasteiger partial charge in [0.05, 0.1) is 22.3 Å². The van der Waals surface area contributed by atoms with Gasteiger partial charge in [0.25, 0.3) is 0 Å². The number of benzene rings is 3. The minimum atomic E-state index is -5.08. The van der Waals surface area contributed by atoms with Crippen molar-refractivity contribution >= 4 is 34.7 Å². The number of anilines is 1. The molecule has 1 aromatic heterocycles. The maximum absolute atomic E-state index is 12.6. The van der Waals surface area contributed by atoms with Crippen LogP contribution in [0.1, 0.15) is 34.6 Å². The zero-order valence-corrected chi connectivity index (χ0v) is 22.2. The van der Waals surface area contributed by atoms with E-state index in [9.17, 15) is 27.9 Å². The van der Waals surface area contributed by atoms with Gasteiger partial charge in [0.1, 0.15) is 5.82 Å². The Hall–Kier alpha value is -4.87. The molecule has 1 fully saturated rings. The lowest BCUT2D eigenvalue weighted by Gasteiger charge is -2.17. The lowest BCUT2D eigenvalue weighted by Crippen LogP contribution is -2.32. The number of rotatable bonds is 4. The lowest BCUT2D eigenvalue weighted by atomic mass is 9.95. The number of carboxylic acids is 2. The zero-order chi connectivity index (χ0) is 29.9. The highest BCUT2D eigenvalue weighted by molar-refractivity contribution is 5.97. The van der Waals surface area contributed by atoms with E-state index in [2.05, 4.69) is 9.88 Å². The van der Waals surface area contributed by atoms with Crippen molar-refractivity contribution < 1.29 is 37.8 Å². The molecule has 9 nitrogen and oxygen atoms in total. The Morgan fingerprint density at radius 2 is 1.54 bits per heavy atom. The summed E-state index contributed by atoms with van der Waals surface area (Å²) in [7, 11) is 0. The van der Waals surface area contributed by atoms with Gasteiger partial charge in [-0.05, 0) is 73.7 Å². The minimum absolute atomic E-state index is 0.0805. The summed E-state index contributed by atoms with van der Waals surface area (Å²) in [6.45, 7) is 5.51. The van der Waals surface area contributed by atoms with Crippen LogP contribution in [0, 0.1) is 13.8 Å². The molecule has 0 radical (unpaired) electrons. The summed E-state index contributed by atoms with van der Waals surface area (Å²) in [6, 6.07) is 18.6. The summed E-state index contributed by atoms with van der Waals surface area (Å²) in [5.74, 6) is -2.90. The molecule has 12 heteroatoms. The molecule has 3 N–H and O–H groups in total. The standard InChI is InChI=1S/C27H26N4O3.C2HF3O2/c1-17-20(21-8-3-4-9-22(21)26(32)33)10-7-11-24(17)31-18(2)28-23-13-12-19(16-25(23)31)29-27(34)30-14-5-6-15-30;3-2(4,5)1(6)7/h3-4,7-13,16H,5-6,14-15H2,1-2H3,(H,29,34)(H,32,33);(H,6,7). The van der Waals surface area contributed by atoms with Gasteiger partial charge in [0.2, 0.25) is 0 Å². The summed E-state index contributed by atoms with van der Waals surface area (Å²) in [5.41, 5.74) is 6.09. The van der Waals surface area contributed by atoms with E-state index in [4.69, 9.17) is 14.9 Å². The van der Waals surface area contributed by atoms with Crippen molar-refractivity contribution in [1.29, 1.82) is 0 Å². The first-order chi connectivity index (χ1) is 19.4. The molecule has 0 atom stereocenters. The Morgan fingerprint density at radius 1 is 0.902 bits per heavy atom. The summed E-state index contributed by atoms with van der Waals surface area (Å²) in [4.78, 5) is 39.9. The van der Waals surface area contributed by atoms with Crippen molar-refractivity contribution in [2.75, 3.05) is 18.4 Å². The van der Waals surface area contributed by atoms with E-state index in [0.717, 1.165) is 65.3 Å². The number of alkyl halides is 3. The number of amides is 2. The lowest BCUT2D eigenvalue weighted by molar-refractivity contribution is -0.192. The van der Waals surface area contributed by atoms with Gasteiger partial charge in [0, 0.05) is 18.8 Å². The molecule has 1 aliphatic heterocycles. The number of halogens is 3. The number of aryl methyl sites for hydroxylation is 1. The number of aromatic nitrogens is 2. The molecule has 0 spiro atoms. The summed E-state index contributed by atoms with van der Waals surface area (Å²) in [6.07, 6.45) is -3.00. The molecule has 41 heavy (non-hydrogen) atoms. The third kappa shape index (κ3) is 6.32. The summed E-state index contributed by atoms with van der Waals surface area (Å²) >= 11 is 0. The highest BCUT2D eigenvalue weighted by Gasteiger charge is 2.38. The van der Waals surface area contributed by atoms with Gasteiger partial charge in [-0.15, -0.1) is 0 Å². The normalized spacial score (nSPS) is 13.0. The van der Waals surface area contributed by atoms with Crippen molar-refractivity contribution in [3.63, 3.8) is 0 Å². The smallest absolute Gasteiger partial charge is 0.478 e. The Kier molecular flexibility index (Phi) is 8.31. The molecule has 214 valence electrons. The van der Waals surface area contributed by atoms with Gasteiger partial charge in [-0.3, -0.25) is 4.57 Å². The molecule has 0 aliphatic carbocycles. The Morgan fingerprint density at radius 3 is 2.17 bits per heavy atom. The van der Waals surface area contributed by atoms with Crippen molar-refractivity contribution in [3.8, 4) is 16.8 Å². The first-order valence-electron chi connectivity index (χ1n) is 12.7. The number of likely N-dealkylation sites (tertiary alicyclic amines) is 1. The number of aliphatic carboxylic acids is 1. The van der Waals surface area contributed by atoms with E-state index < -0.39 is 18.1 Å². The number of hydrogen-bond acceptors (Lipinski definition) is 4. The van der Waals surface area contributed by atoms with E-state index in [1.165, 1.54) is 0 Å². The molecular formula is C29H27F3N4O5. The van der Waals surface area contributed by atoms with Crippen LogP contribution >= 0.6 is 0 Å². The van der Waals surface area contributed by atoms with Gasteiger partial charge in [0.15, 0.2) is 0 Å². The summed E-state index contributed by atoms with van der Waals surface area (Å²) < 4.78 is 33.8. The first-order valence-corrected chi connectivity index (χ1v) is 12.7. The number of carboxylic acid groups (broad SMARTS) is 2. The fraction of sp³-hybridized carbons (Fsp3) is 0.241. The van der Waals surface area contributed by atoms with Crippen LogP contribution < -0.4 is 5.32 Å². The van der Waals surface area contributed by atoms with Crippen LogP contribution in [0.15, 0.2) is 60.7 Å². The predicted octanol–water partition coefficient (Wildman–Crippen LogP) is 6.27. The summed E-state index contributed by atoms with van der Waals surface area (Å²) in [5, 5.41) is 19.8. The van der Waals surface area contributed by atoms with Gasteiger partial charge in [-0.1, -0.05) is 30.3 Å². The van der Waals surface area contributed by atoms with Crippen LogP contribution in [-0.2, 0) is 4.79 Å². The monoisotopic (exact) mass is 568 g/mol. The second-order valence-corrected chi connectivity index (χ2v) is 9.43. The van der Waals surface area contributed by atoms with Crippen LogP contribution in [0.25, 0.3) is 27.8 Å². The van der Waals surface area contributed by atoms with Crippen LogP contribution in [-0.4, -0.2) is 61.9 Å². The molecule has 3 aromatic carbocycles. The van der Waals surface area contributed by atoms with Gasteiger partial charge >= 0.3 is 24.1 Å². The average Bonchev–Trinajstić information content (AvgIpc) is 3.57. The quantitative estimate of drug-likeness (QED) is 0.267. The molecule has 0 saturated carbocycles. The molecule has 4 aromatic rings. The number of nitrogens with one attached hydrogen (secondary N) is 1. The highest BCUT2D eigenvalue weighted by atomic mass is 19.4. The van der Waals surface area contributed by atoms with E-state index in [1.807, 2.05) is 67.3 Å². The molecule has 1 aliphatic rings. The highest BCUT2D eigenvalue weighted by Crippen LogP contribution is 2.33. The van der Waals surface area contributed by atoms with Crippen molar-refractivity contribution in [1.82, 2.24) is 14.5 Å². The van der Waals surface area contributed by atoms with Crippen molar-refractivity contribution in [2.45, 2.75) is 32.9 Å². The fourth-order valence-electron chi connectivity index (χ4n) is 4.76. The van der Waals surface area contributed by atoms with Gasteiger partial charge in [-0.25, -0.2) is 19.4 Å². The van der Waals surface area contributed by atoms with E-state index in [-0.39, 0.29) is 11.6 Å². The maximum Gasteiger partial charge on any atom is 0.490 e. The second kappa shape index (κ2) is 11.7. The number of imidazole rings is 1. The van der Waals surface area contributed by atoms with Crippen molar-refractivity contribution in [2.24, 2.45) is 0 Å². The second-order valence-electron chi connectivity index (χ2n) is 9.43. The van der Waals surface area contributed by atoms with Crippen molar-refractivity contribution in [3.05, 3.63) is 77.6 Å². The molecule has 2 amide bonds. The van der Waals surface area contributed by atoms with Gasteiger partial charge < -0.3 is 20.4 Å².